The van der Waals surface area contributed by atoms with E-state index in [4.69, 9.17) is 9.47 Å². The van der Waals surface area contributed by atoms with E-state index in [-0.39, 0.29) is 18.0 Å². The predicted octanol–water partition coefficient (Wildman–Crippen LogP) is 3.05. The van der Waals surface area contributed by atoms with E-state index in [0.717, 1.165) is 43.0 Å². The maximum Gasteiger partial charge on any atom is 0.308 e. The van der Waals surface area contributed by atoms with Crippen LogP contribution in [0.5, 0.6) is 5.75 Å². The number of guanidine groups is 1. The SMILES string of the molecule is CCOC(=O)C1CCC(NC(=NC)NCC(C)Oc2ccccc2C)CC1. The van der Waals surface area contributed by atoms with Crippen molar-refractivity contribution in [1.82, 2.24) is 10.6 Å². The molecule has 150 valence electrons. The van der Waals surface area contributed by atoms with Crippen LogP contribution in [0.3, 0.4) is 0 Å². The highest BCUT2D eigenvalue weighted by Crippen LogP contribution is 2.25. The third-order valence-corrected chi connectivity index (χ3v) is 4.89. The second kappa shape index (κ2) is 10.8. The zero-order chi connectivity index (χ0) is 19.6. The van der Waals surface area contributed by atoms with Crippen LogP contribution in [0.4, 0.5) is 0 Å². The number of aryl methyl sites for hydroxylation is 1. The Morgan fingerprint density at radius 2 is 1.96 bits per heavy atom. The summed E-state index contributed by atoms with van der Waals surface area (Å²) in [6, 6.07) is 8.35. The van der Waals surface area contributed by atoms with Crippen LogP contribution in [-0.2, 0) is 9.53 Å². The van der Waals surface area contributed by atoms with Crippen LogP contribution >= 0.6 is 0 Å². The van der Waals surface area contributed by atoms with Gasteiger partial charge < -0.3 is 20.1 Å². The minimum atomic E-state index is -0.0550. The van der Waals surface area contributed by atoms with Crippen LogP contribution in [-0.4, -0.2) is 44.3 Å². The standard InChI is InChI=1S/C21H33N3O3/c1-5-26-20(25)17-10-12-18(13-11-17)24-21(22-4)23-14-16(3)27-19-9-7-6-8-15(19)2/h6-9,16-18H,5,10-14H2,1-4H3,(H2,22,23,24). The fraction of sp³-hybridized carbons (Fsp3) is 0.619. The van der Waals surface area contributed by atoms with E-state index < -0.39 is 0 Å². The third-order valence-electron chi connectivity index (χ3n) is 4.89. The van der Waals surface area contributed by atoms with Gasteiger partial charge in [-0.05, 0) is 58.1 Å². The number of nitrogens with zero attached hydrogens (tertiary/aromatic N) is 1. The lowest BCUT2D eigenvalue weighted by atomic mass is 9.86. The largest absolute Gasteiger partial charge is 0.489 e. The third kappa shape index (κ3) is 6.77. The van der Waals surface area contributed by atoms with Crippen molar-refractivity contribution >= 4 is 11.9 Å². The van der Waals surface area contributed by atoms with Crippen molar-refractivity contribution in [3.8, 4) is 5.75 Å². The average Bonchev–Trinajstić information content (AvgIpc) is 2.67. The smallest absolute Gasteiger partial charge is 0.308 e. The summed E-state index contributed by atoms with van der Waals surface area (Å²) in [5.41, 5.74) is 1.13. The maximum atomic E-state index is 11.8. The van der Waals surface area contributed by atoms with Crippen molar-refractivity contribution in [2.24, 2.45) is 10.9 Å². The van der Waals surface area contributed by atoms with E-state index in [0.29, 0.717) is 19.2 Å². The number of benzene rings is 1. The molecule has 2 rings (SSSR count). The monoisotopic (exact) mass is 375 g/mol. The molecule has 27 heavy (non-hydrogen) atoms. The Hall–Kier alpha value is -2.24. The van der Waals surface area contributed by atoms with Crippen LogP contribution in [0.25, 0.3) is 0 Å². The quantitative estimate of drug-likeness (QED) is 0.435. The Bertz CT molecular complexity index is 625. The summed E-state index contributed by atoms with van der Waals surface area (Å²) in [5, 5.41) is 6.79. The second-order valence-electron chi connectivity index (χ2n) is 7.09. The Balaban J connectivity index is 1.73. The molecule has 0 spiro atoms. The number of para-hydroxylation sites is 1. The molecule has 2 N–H and O–H groups in total. The minimum absolute atomic E-state index is 0.0178. The molecule has 6 nitrogen and oxygen atoms in total. The summed E-state index contributed by atoms with van der Waals surface area (Å²) >= 11 is 0. The second-order valence-corrected chi connectivity index (χ2v) is 7.09. The molecule has 1 aromatic rings. The molecule has 0 aliphatic heterocycles. The van der Waals surface area contributed by atoms with Gasteiger partial charge in [0.15, 0.2) is 5.96 Å². The van der Waals surface area contributed by atoms with Gasteiger partial charge in [0.25, 0.3) is 0 Å². The van der Waals surface area contributed by atoms with Gasteiger partial charge in [-0.3, -0.25) is 9.79 Å². The van der Waals surface area contributed by atoms with Crippen LogP contribution in [0, 0.1) is 12.8 Å². The molecular formula is C21H33N3O3. The van der Waals surface area contributed by atoms with Crippen molar-refractivity contribution in [3.05, 3.63) is 29.8 Å². The normalized spacial score (nSPS) is 21.3. The molecule has 1 aliphatic carbocycles. The van der Waals surface area contributed by atoms with Gasteiger partial charge in [-0.25, -0.2) is 0 Å². The number of hydrogen-bond acceptors (Lipinski definition) is 4. The summed E-state index contributed by atoms with van der Waals surface area (Å²) in [6.07, 6.45) is 3.63. The van der Waals surface area contributed by atoms with Crippen molar-refractivity contribution in [2.45, 2.75) is 58.6 Å². The summed E-state index contributed by atoms with van der Waals surface area (Å²) < 4.78 is 11.1. The fourth-order valence-electron chi connectivity index (χ4n) is 3.31. The molecule has 1 atom stereocenters. The summed E-state index contributed by atoms with van der Waals surface area (Å²) in [4.78, 5) is 16.2. The van der Waals surface area contributed by atoms with Crippen LogP contribution < -0.4 is 15.4 Å². The van der Waals surface area contributed by atoms with Gasteiger partial charge in [0.05, 0.1) is 19.1 Å². The van der Waals surface area contributed by atoms with Gasteiger partial charge in [0.2, 0.25) is 0 Å². The van der Waals surface area contributed by atoms with Crippen molar-refractivity contribution < 1.29 is 14.3 Å². The first kappa shape index (κ1) is 21.1. The maximum absolute atomic E-state index is 11.8. The number of nitrogens with one attached hydrogen (secondary N) is 2. The van der Waals surface area contributed by atoms with Gasteiger partial charge in [-0.15, -0.1) is 0 Å². The molecule has 1 unspecified atom stereocenters. The number of rotatable bonds is 7. The molecule has 0 amide bonds. The first-order chi connectivity index (χ1) is 13.0. The molecule has 0 heterocycles. The minimum Gasteiger partial charge on any atom is -0.489 e. The number of aliphatic imine (C=N–C) groups is 1. The zero-order valence-electron chi connectivity index (χ0n) is 17.0. The highest BCUT2D eigenvalue weighted by atomic mass is 16.5. The summed E-state index contributed by atoms with van der Waals surface area (Å²) in [6.45, 7) is 7.05. The Labute approximate surface area is 162 Å². The molecule has 0 aromatic heterocycles. The van der Waals surface area contributed by atoms with Crippen LogP contribution in [0.2, 0.25) is 0 Å². The Morgan fingerprint density at radius 3 is 2.59 bits per heavy atom. The number of carbonyl (C=O) groups is 1. The number of esters is 1. The molecule has 0 radical (unpaired) electrons. The van der Waals surface area contributed by atoms with Gasteiger partial charge in [0, 0.05) is 13.1 Å². The Kier molecular flexibility index (Phi) is 8.43. The van der Waals surface area contributed by atoms with Gasteiger partial charge >= 0.3 is 5.97 Å². The van der Waals surface area contributed by atoms with E-state index in [2.05, 4.69) is 15.6 Å². The first-order valence-electron chi connectivity index (χ1n) is 9.89. The Morgan fingerprint density at radius 1 is 1.26 bits per heavy atom. The predicted molar refractivity (Wildman–Crippen MR) is 108 cm³/mol. The molecule has 6 heteroatoms. The molecule has 1 saturated carbocycles. The fourth-order valence-corrected chi connectivity index (χ4v) is 3.31. The van der Waals surface area contributed by atoms with E-state index in [9.17, 15) is 4.79 Å². The van der Waals surface area contributed by atoms with Crippen LogP contribution in [0.1, 0.15) is 45.1 Å². The van der Waals surface area contributed by atoms with Crippen molar-refractivity contribution in [2.75, 3.05) is 20.2 Å². The van der Waals surface area contributed by atoms with E-state index in [1.807, 2.05) is 45.0 Å². The van der Waals surface area contributed by atoms with Crippen molar-refractivity contribution in [1.29, 1.82) is 0 Å². The van der Waals surface area contributed by atoms with E-state index in [1.54, 1.807) is 7.05 Å². The lowest BCUT2D eigenvalue weighted by molar-refractivity contribution is -0.149. The number of hydrogen-bond donors (Lipinski definition) is 2. The van der Waals surface area contributed by atoms with E-state index >= 15 is 0 Å². The summed E-state index contributed by atoms with van der Waals surface area (Å²) in [5.74, 6) is 1.67. The molecular weight excluding hydrogens is 342 g/mol. The molecule has 1 fully saturated rings. The molecule has 0 bridgehead atoms. The topological polar surface area (TPSA) is 72.0 Å². The zero-order valence-corrected chi connectivity index (χ0v) is 17.0. The lowest BCUT2D eigenvalue weighted by Crippen LogP contribution is -2.47. The number of carbonyl (C=O) groups excluding carboxylic acids is 1. The highest BCUT2D eigenvalue weighted by Gasteiger charge is 2.27. The molecule has 1 aliphatic rings. The van der Waals surface area contributed by atoms with E-state index in [1.165, 1.54) is 0 Å². The summed E-state index contributed by atoms with van der Waals surface area (Å²) in [7, 11) is 1.77. The average molecular weight is 376 g/mol. The van der Waals surface area contributed by atoms with Gasteiger partial charge in [0.1, 0.15) is 11.9 Å². The highest BCUT2D eigenvalue weighted by molar-refractivity contribution is 5.80. The molecule has 0 saturated heterocycles. The van der Waals surface area contributed by atoms with Crippen LogP contribution in [0.15, 0.2) is 29.3 Å². The first-order valence-corrected chi connectivity index (χ1v) is 9.89. The molecule has 1 aromatic carbocycles. The van der Waals surface area contributed by atoms with Gasteiger partial charge in [-0.2, -0.15) is 0 Å². The number of ether oxygens (including phenoxy) is 2. The van der Waals surface area contributed by atoms with Crippen molar-refractivity contribution in [3.63, 3.8) is 0 Å². The lowest BCUT2D eigenvalue weighted by Gasteiger charge is -2.29. The van der Waals surface area contributed by atoms with Gasteiger partial charge in [-0.1, -0.05) is 18.2 Å².